The summed E-state index contributed by atoms with van der Waals surface area (Å²) in [6.07, 6.45) is 17.4. The van der Waals surface area contributed by atoms with E-state index >= 15 is 0 Å². The number of rotatable bonds is 4. The summed E-state index contributed by atoms with van der Waals surface area (Å²) in [5, 5.41) is 7.97. The highest BCUT2D eigenvalue weighted by Crippen LogP contribution is 2.59. The Labute approximate surface area is 173 Å². The van der Waals surface area contributed by atoms with Crippen molar-refractivity contribution >= 4 is 6.09 Å². The smallest absolute Gasteiger partial charge is 0.389 e. The summed E-state index contributed by atoms with van der Waals surface area (Å²) >= 11 is 0. The average molecular weight is 398 g/mol. The number of aromatic nitrogens is 2. The van der Waals surface area contributed by atoms with Crippen molar-refractivity contribution < 1.29 is 9.53 Å². The molecule has 0 aliphatic heterocycles. The Morgan fingerprint density at radius 2 is 1.69 bits per heavy atom. The zero-order valence-electron chi connectivity index (χ0n) is 17.6. The van der Waals surface area contributed by atoms with E-state index in [2.05, 4.69) is 10.00 Å². The van der Waals surface area contributed by atoms with Gasteiger partial charge >= 0.3 is 6.09 Å². The molecule has 6 aliphatic carbocycles. The zero-order valence-corrected chi connectivity index (χ0v) is 17.6. The minimum Gasteiger partial charge on any atom is -0.389 e. The molecule has 6 aliphatic rings. The molecule has 5 heteroatoms. The topological polar surface area (TPSA) is 56.1 Å². The van der Waals surface area contributed by atoms with E-state index in [1.807, 2.05) is 0 Å². The van der Waals surface area contributed by atoms with E-state index < -0.39 is 0 Å². The van der Waals surface area contributed by atoms with Crippen LogP contribution in [0.1, 0.15) is 94.3 Å². The van der Waals surface area contributed by atoms with Crippen molar-refractivity contribution in [3.8, 4) is 5.88 Å². The summed E-state index contributed by atoms with van der Waals surface area (Å²) < 4.78 is 8.06. The number of fused-ring (bicyclic) bond motifs is 1. The third-order valence-electron chi connectivity index (χ3n) is 8.80. The summed E-state index contributed by atoms with van der Waals surface area (Å²) in [5.74, 6) is 3.32. The quantitative estimate of drug-likeness (QED) is 0.712. The van der Waals surface area contributed by atoms with Crippen LogP contribution in [-0.4, -0.2) is 22.4 Å². The van der Waals surface area contributed by atoms with Gasteiger partial charge in [0.25, 0.3) is 0 Å². The molecule has 5 saturated carbocycles. The van der Waals surface area contributed by atoms with Crippen LogP contribution in [-0.2, 0) is 12.8 Å². The van der Waals surface area contributed by atoms with Crippen LogP contribution in [0.15, 0.2) is 0 Å². The van der Waals surface area contributed by atoms with Crippen LogP contribution in [0, 0.1) is 23.2 Å². The Balaban J connectivity index is 1.15. The predicted octanol–water partition coefficient (Wildman–Crippen LogP) is 5.18. The molecule has 0 atom stereocenters. The molecule has 0 spiro atoms. The summed E-state index contributed by atoms with van der Waals surface area (Å²) in [6, 6.07) is 0.522. The van der Waals surface area contributed by atoms with Gasteiger partial charge < -0.3 is 10.1 Å². The largest absolute Gasteiger partial charge is 0.414 e. The first-order valence-electron chi connectivity index (χ1n) is 12.2. The van der Waals surface area contributed by atoms with Gasteiger partial charge in [0, 0.05) is 17.8 Å². The van der Waals surface area contributed by atoms with E-state index in [0.29, 0.717) is 17.3 Å². The van der Waals surface area contributed by atoms with Crippen LogP contribution >= 0.6 is 0 Å². The van der Waals surface area contributed by atoms with Crippen LogP contribution in [0.5, 0.6) is 5.88 Å². The summed E-state index contributed by atoms with van der Waals surface area (Å²) in [6.45, 7) is 0.793. The van der Waals surface area contributed by atoms with Crippen molar-refractivity contribution in [1.82, 2.24) is 15.1 Å². The van der Waals surface area contributed by atoms with Crippen LogP contribution < -0.4 is 10.1 Å². The number of hydrogen-bond acceptors (Lipinski definition) is 3. The maximum atomic E-state index is 12.8. The van der Waals surface area contributed by atoms with Gasteiger partial charge in [-0.2, -0.15) is 0 Å². The van der Waals surface area contributed by atoms with Crippen molar-refractivity contribution in [2.45, 2.75) is 95.9 Å². The number of nitrogens with zero attached hydrogens (tertiary/aromatic N) is 2. The molecule has 1 aromatic rings. The third kappa shape index (κ3) is 3.29. The fourth-order valence-electron chi connectivity index (χ4n) is 7.67. The molecule has 158 valence electrons. The van der Waals surface area contributed by atoms with E-state index in [0.717, 1.165) is 37.1 Å². The van der Waals surface area contributed by atoms with Crippen molar-refractivity contribution in [1.29, 1.82) is 0 Å². The molecule has 1 N–H and O–H groups in total. The number of carbonyl (C=O) groups is 1. The van der Waals surface area contributed by atoms with Gasteiger partial charge in [0.15, 0.2) is 0 Å². The fraction of sp³-hybridized carbons (Fsp3) is 0.833. The Kier molecular flexibility index (Phi) is 4.42. The van der Waals surface area contributed by atoms with Gasteiger partial charge in [0.05, 0.1) is 6.04 Å². The molecule has 0 radical (unpaired) electrons. The maximum Gasteiger partial charge on any atom is 0.414 e. The molecule has 1 heterocycles. The number of hydrogen-bond donors (Lipinski definition) is 1. The second kappa shape index (κ2) is 7.02. The first-order chi connectivity index (χ1) is 14.2. The fourth-order valence-corrected chi connectivity index (χ4v) is 7.67. The third-order valence-corrected chi connectivity index (χ3v) is 8.80. The molecule has 7 rings (SSSR count). The lowest BCUT2D eigenvalue weighted by molar-refractivity contribution is -0.0503. The molecule has 0 saturated heterocycles. The lowest BCUT2D eigenvalue weighted by Gasteiger charge is -2.56. The van der Waals surface area contributed by atoms with Gasteiger partial charge in [0.2, 0.25) is 5.88 Å². The Morgan fingerprint density at radius 1 is 1.00 bits per heavy atom. The average Bonchev–Trinajstić information content (AvgIpc) is 2.81. The molecule has 1 amide bonds. The molecule has 29 heavy (non-hydrogen) atoms. The molecular weight excluding hydrogens is 362 g/mol. The zero-order chi connectivity index (χ0) is 19.4. The van der Waals surface area contributed by atoms with Gasteiger partial charge in [-0.25, -0.2) is 4.79 Å². The van der Waals surface area contributed by atoms with Crippen molar-refractivity contribution in [3.05, 3.63) is 11.3 Å². The number of amides is 1. The Bertz CT molecular complexity index is 759. The standard InChI is InChI=1S/C24H35N3O2/c28-23(25-15-24-12-16-9-17(13-24)11-18(10-16)14-24)29-22-20-7-2-1-3-8-21(20)27(26-22)19-5-4-6-19/h16-19H,1-15H2,(H,25,28). The monoisotopic (exact) mass is 397 g/mol. The molecule has 4 bridgehead atoms. The van der Waals surface area contributed by atoms with Crippen molar-refractivity contribution in [2.24, 2.45) is 23.2 Å². The van der Waals surface area contributed by atoms with E-state index in [1.54, 1.807) is 0 Å². The number of ether oxygens (including phenoxy) is 1. The molecule has 1 aromatic heterocycles. The first-order valence-corrected chi connectivity index (χ1v) is 12.2. The second-order valence-corrected chi connectivity index (χ2v) is 11.0. The number of nitrogens with one attached hydrogen (secondary N) is 1. The van der Waals surface area contributed by atoms with Crippen LogP contribution in [0.2, 0.25) is 0 Å². The first kappa shape index (κ1) is 18.3. The SMILES string of the molecule is O=C(NCC12CC3CC(CC(C3)C1)C2)Oc1nn(C2CCC2)c2c1CCCCC2. The second-order valence-electron chi connectivity index (χ2n) is 11.0. The Morgan fingerprint density at radius 3 is 2.34 bits per heavy atom. The highest BCUT2D eigenvalue weighted by molar-refractivity contribution is 5.70. The molecular formula is C24H35N3O2. The number of carbonyl (C=O) groups excluding carboxylic acids is 1. The van der Waals surface area contributed by atoms with Gasteiger partial charge in [-0.1, -0.05) is 6.42 Å². The molecule has 0 unspecified atom stereocenters. The summed E-state index contributed by atoms with van der Waals surface area (Å²) in [7, 11) is 0. The molecule has 0 aromatic carbocycles. The Hall–Kier alpha value is -1.52. The minimum atomic E-state index is -0.286. The van der Waals surface area contributed by atoms with E-state index in [1.165, 1.54) is 88.3 Å². The lowest BCUT2D eigenvalue weighted by atomic mass is 9.49. The van der Waals surface area contributed by atoms with Crippen molar-refractivity contribution in [3.63, 3.8) is 0 Å². The van der Waals surface area contributed by atoms with Gasteiger partial charge in [-0.15, -0.1) is 5.10 Å². The van der Waals surface area contributed by atoms with Gasteiger partial charge in [-0.3, -0.25) is 4.68 Å². The van der Waals surface area contributed by atoms with Crippen LogP contribution in [0.25, 0.3) is 0 Å². The van der Waals surface area contributed by atoms with E-state index in [9.17, 15) is 4.79 Å². The normalized spacial score (nSPS) is 35.7. The molecule has 5 nitrogen and oxygen atoms in total. The van der Waals surface area contributed by atoms with Crippen molar-refractivity contribution in [2.75, 3.05) is 6.54 Å². The molecule has 5 fully saturated rings. The van der Waals surface area contributed by atoms with E-state index in [-0.39, 0.29) is 6.09 Å². The predicted molar refractivity (Wildman–Crippen MR) is 111 cm³/mol. The van der Waals surface area contributed by atoms with Gasteiger partial charge in [-0.05, 0) is 107 Å². The van der Waals surface area contributed by atoms with Crippen LogP contribution in [0.4, 0.5) is 4.79 Å². The highest BCUT2D eigenvalue weighted by atomic mass is 16.6. The van der Waals surface area contributed by atoms with E-state index in [4.69, 9.17) is 9.84 Å². The minimum absolute atomic E-state index is 0.286. The highest BCUT2D eigenvalue weighted by Gasteiger charge is 2.50. The summed E-state index contributed by atoms with van der Waals surface area (Å²) in [4.78, 5) is 12.8. The maximum absolute atomic E-state index is 12.8. The van der Waals surface area contributed by atoms with Gasteiger partial charge in [0.1, 0.15) is 0 Å². The lowest BCUT2D eigenvalue weighted by Crippen LogP contribution is -2.51. The summed E-state index contributed by atoms with van der Waals surface area (Å²) in [5.41, 5.74) is 2.89. The van der Waals surface area contributed by atoms with Crippen LogP contribution in [0.3, 0.4) is 0 Å².